The molecule has 0 fully saturated rings. The number of thiophene rings is 1. The van der Waals surface area contributed by atoms with Gasteiger partial charge < -0.3 is 9.13 Å². The van der Waals surface area contributed by atoms with Gasteiger partial charge in [0, 0.05) is 47.7 Å². The standard InChI is InChI=1S/C37H21N3S/c1-38-23-14-17-34-29(20-23)26-8-2-5-11-32(26)39(34)24-15-18-35-30(21-24)27-9-3-6-12-33(27)40(35)25-16-19-37-31(22-25)28-10-4-7-13-36(28)41-37/h2-22H. The number of aromatic nitrogens is 2. The molecule has 0 bridgehead atoms. The van der Waals surface area contributed by atoms with Crippen molar-refractivity contribution in [2.45, 2.75) is 0 Å². The van der Waals surface area contributed by atoms with E-state index in [1.54, 1.807) is 0 Å². The Kier molecular flexibility index (Phi) is 4.55. The van der Waals surface area contributed by atoms with Crippen LogP contribution in [0.3, 0.4) is 0 Å². The Hall–Kier alpha value is -5.37. The molecule has 9 rings (SSSR count). The fourth-order valence-electron chi connectivity index (χ4n) is 6.54. The number of rotatable bonds is 2. The molecule has 0 saturated carbocycles. The summed E-state index contributed by atoms with van der Waals surface area (Å²) in [5.41, 5.74) is 7.57. The van der Waals surface area contributed by atoms with Gasteiger partial charge in [0.2, 0.25) is 0 Å². The summed E-state index contributed by atoms with van der Waals surface area (Å²) in [7, 11) is 0. The molecule has 9 aromatic rings. The van der Waals surface area contributed by atoms with Crippen molar-refractivity contribution in [3.63, 3.8) is 0 Å². The van der Waals surface area contributed by atoms with E-state index in [2.05, 4.69) is 129 Å². The third-order valence-electron chi connectivity index (χ3n) is 8.32. The highest BCUT2D eigenvalue weighted by molar-refractivity contribution is 7.25. The van der Waals surface area contributed by atoms with E-state index in [1.807, 2.05) is 23.5 Å². The summed E-state index contributed by atoms with van der Waals surface area (Å²) < 4.78 is 7.36. The second kappa shape index (κ2) is 8.32. The van der Waals surface area contributed by atoms with Crippen LogP contribution in [-0.2, 0) is 0 Å². The number of benzene rings is 6. The molecule has 0 N–H and O–H groups in total. The molecule has 0 aliphatic carbocycles. The molecule has 0 spiro atoms. The van der Waals surface area contributed by atoms with Gasteiger partial charge in [-0.3, -0.25) is 0 Å². The largest absolute Gasteiger partial charge is 0.309 e. The predicted molar refractivity (Wildman–Crippen MR) is 174 cm³/mol. The highest BCUT2D eigenvalue weighted by Crippen LogP contribution is 2.40. The first-order chi connectivity index (χ1) is 20.3. The van der Waals surface area contributed by atoms with Crippen molar-refractivity contribution in [1.82, 2.24) is 9.13 Å². The van der Waals surface area contributed by atoms with Crippen LogP contribution in [0.4, 0.5) is 5.69 Å². The number of para-hydroxylation sites is 2. The molecule has 0 saturated heterocycles. The molecule has 0 atom stereocenters. The van der Waals surface area contributed by atoms with Crippen LogP contribution in [0.5, 0.6) is 0 Å². The van der Waals surface area contributed by atoms with Crippen molar-refractivity contribution in [1.29, 1.82) is 0 Å². The predicted octanol–water partition coefficient (Wildman–Crippen LogP) is 10.8. The summed E-state index contributed by atoms with van der Waals surface area (Å²) >= 11 is 1.85. The summed E-state index contributed by atoms with van der Waals surface area (Å²) in [4.78, 5) is 3.69. The minimum absolute atomic E-state index is 0.661. The lowest BCUT2D eigenvalue weighted by atomic mass is 10.1. The zero-order valence-corrected chi connectivity index (χ0v) is 22.7. The molecule has 3 nitrogen and oxygen atoms in total. The van der Waals surface area contributed by atoms with Crippen LogP contribution in [-0.4, -0.2) is 9.13 Å². The summed E-state index contributed by atoms with van der Waals surface area (Å²) in [6, 6.07) is 45.5. The molecule has 190 valence electrons. The van der Waals surface area contributed by atoms with Crippen molar-refractivity contribution < 1.29 is 0 Å². The van der Waals surface area contributed by atoms with Crippen LogP contribution in [0.1, 0.15) is 0 Å². The summed E-state index contributed by atoms with van der Waals surface area (Å²) in [5, 5.41) is 7.33. The van der Waals surface area contributed by atoms with Gasteiger partial charge in [0.25, 0.3) is 0 Å². The van der Waals surface area contributed by atoms with Gasteiger partial charge >= 0.3 is 0 Å². The van der Waals surface area contributed by atoms with E-state index >= 15 is 0 Å². The highest BCUT2D eigenvalue weighted by atomic mass is 32.1. The molecule has 0 radical (unpaired) electrons. The Bertz CT molecular complexity index is 2550. The van der Waals surface area contributed by atoms with Crippen molar-refractivity contribution in [3.05, 3.63) is 139 Å². The van der Waals surface area contributed by atoms with Gasteiger partial charge in [0.1, 0.15) is 0 Å². The van der Waals surface area contributed by atoms with Crippen molar-refractivity contribution in [2.75, 3.05) is 0 Å². The Balaban J connectivity index is 1.33. The van der Waals surface area contributed by atoms with Crippen LogP contribution in [0.25, 0.3) is 80.0 Å². The van der Waals surface area contributed by atoms with Gasteiger partial charge in [-0.25, -0.2) is 4.85 Å². The third kappa shape index (κ3) is 3.12. The van der Waals surface area contributed by atoms with E-state index in [1.165, 1.54) is 47.7 Å². The zero-order valence-electron chi connectivity index (χ0n) is 21.9. The Labute approximate surface area is 239 Å². The topological polar surface area (TPSA) is 14.2 Å². The Morgan fingerprint density at radius 3 is 1.66 bits per heavy atom. The minimum Gasteiger partial charge on any atom is -0.309 e. The number of hydrogen-bond donors (Lipinski definition) is 0. The normalized spacial score (nSPS) is 11.9. The average molecular weight is 540 g/mol. The Morgan fingerprint density at radius 2 is 0.951 bits per heavy atom. The van der Waals surface area contributed by atoms with E-state index in [4.69, 9.17) is 6.57 Å². The van der Waals surface area contributed by atoms with Gasteiger partial charge in [0.15, 0.2) is 5.69 Å². The van der Waals surface area contributed by atoms with Crippen LogP contribution in [0, 0.1) is 6.57 Å². The molecule has 6 aromatic carbocycles. The number of fused-ring (bicyclic) bond motifs is 9. The molecule has 0 amide bonds. The van der Waals surface area contributed by atoms with Crippen LogP contribution in [0.2, 0.25) is 0 Å². The van der Waals surface area contributed by atoms with E-state index in [9.17, 15) is 0 Å². The van der Waals surface area contributed by atoms with Gasteiger partial charge in [-0.05, 0) is 72.1 Å². The smallest absolute Gasteiger partial charge is 0.188 e. The third-order valence-corrected chi connectivity index (χ3v) is 9.47. The van der Waals surface area contributed by atoms with Crippen LogP contribution < -0.4 is 0 Å². The lowest BCUT2D eigenvalue weighted by molar-refractivity contribution is 1.17. The molecule has 41 heavy (non-hydrogen) atoms. The van der Waals surface area contributed by atoms with E-state index < -0.39 is 0 Å². The average Bonchev–Trinajstić information content (AvgIpc) is 3.67. The molecule has 0 unspecified atom stereocenters. The second-order valence-corrected chi connectivity index (χ2v) is 11.6. The van der Waals surface area contributed by atoms with Gasteiger partial charge in [-0.1, -0.05) is 60.7 Å². The maximum absolute atomic E-state index is 7.53. The maximum Gasteiger partial charge on any atom is 0.188 e. The Morgan fingerprint density at radius 1 is 0.439 bits per heavy atom. The van der Waals surface area contributed by atoms with Crippen molar-refractivity contribution >= 4 is 80.8 Å². The van der Waals surface area contributed by atoms with Gasteiger partial charge in [0.05, 0.1) is 28.6 Å². The quantitative estimate of drug-likeness (QED) is 0.194. The summed E-state index contributed by atoms with van der Waals surface area (Å²) in [6.07, 6.45) is 0. The first kappa shape index (κ1) is 22.4. The highest BCUT2D eigenvalue weighted by Gasteiger charge is 2.17. The van der Waals surface area contributed by atoms with E-state index in [0.29, 0.717) is 5.69 Å². The molecular formula is C37H21N3S. The van der Waals surface area contributed by atoms with Crippen molar-refractivity contribution in [2.24, 2.45) is 0 Å². The first-order valence-electron chi connectivity index (χ1n) is 13.6. The monoisotopic (exact) mass is 539 g/mol. The number of nitrogens with zero attached hydrogens (tertiary/aromatic N) is 3. The maximum atomic E-state index is 7.53. The summed E-state index contributed by atoms with van der Waals surface area (Å²) in [6.45, 7) is 7.53. The van der Waals surface area contributed by atoms with E-state index in [0.717, 1.165) is 27.5 Å². The lowest BCUT2D eigenvalue weighted by Crippen LogP contribution is -1.95. The molecular weight excluding hydrogens is 518 g/mol. The molecule has 3 heterocycles. The molecule has 0 aliphatic rings. The fraction of sp³-hybridized carbons (Fsp3) is 0. The summed E-state index contributed by atoms with van der Waals surface area (Å²) in [5.74, 6) is 0. The van der Waals surface area contributed by atoms with Gasteiger partial charge in [-0.2, -0.15) is 0 Å². The molecule has 3 aromatic heterocycles. The molecule has 4 heteroatoms. The second-order valence-electron chi connectivity index (χ2n) is 10.5. The first-order valence-corrected chi connectivity index (χ1v) is 14.5. The number of hydrogen-bond acceptors (Lipinski definition) is 1. The minimum atomic E-state index is 0.661. The fourth-order valence-corrected chi connectivity index (χ4v) is 7.63. The zero-order chi connectivity index (χ0) is 27.1. The van der Waals surface area contributed by atoms with Crippen molar-refractivity contribution in [3.8, 4) is 11.4 Å². The lowest BCUT2D eigenvalue weighted by Gasteiger charge is -2.11. The molecule has 0 aliphatic heterocycles. The van der Waals surface area contributed by atoms with E-state index in [-0.39, 0.29) is 0 Å². The van der Waals surface area contributed by atoms with Gasteiger partial charge in [-0.15, -0.1) is 11.3 Å². The SMILES string of the molecule is [C-]#[N+]c1ccc2c(c1)c1ccccc1n2-c1ccc2c(c1)c1ccccc1n2-c1ccc2sc3ccccc3c2c1. The van der Waals surface area contributed by atoms with Crippen LogP contribution in [0.15, 0.2) is 127 Å². The van der Waals surface area contributed by atoms with Crippen LogP contribution >= 0.6 is 11.3 Å².